The van der Waals surface area contributed by atoms with Crippen LogP contribution in [0.2, 0.25) is 0 Å². The Hall–Kier alpha value is -5.86. The molecule has 2 aliphatic rings. The third-order valence-electron chi connectivity index (χ3n) is 9.83. The van der Waals surface area contributed by atoms with Gasteiger partial charge in [-0.2, -0.15) is 0 Å². The van der Waals surface area contributed by atoms with Gasteiger partial charge in [0.1, 0.15) is 11.2 Å². The fourth-order valence-electron chi connectivity index (χ4n) is 7.39. The molecule has 1 unspecified atom stereocenters. The van der Waals surface area contributed by atoms with Crippen LogP contribution in [-0.4, -0.2) is 0 Å². The Balaban J connectivity index is 1.21. The molecule has 0 radical (unpaired) electrons. The van der Waals surface area contributed by atoms with E-state index < -0.39 is 0 Å². The molecule has 1 heterocycles. The Morgan fingerprint density at radius 2 is 1.33 bits per heavy atom. The molecule has 0 N–H and O–H groups in total. The minimum atomic E-state index is 0.379. The predicted octanol–water partition coefficient (Wildman–Crippen LogP) is 12.9. The number of benzene rings is 6. The van der Waals surface area contributed by atoms with Crippen molar-refractivity contribution in [3.8, 4) is 11.1 Å². The van der Waals surface area contributed by atoms with E-state index in [0.717, 1.165) is 46.9 Å². The summed E-state index contributed by atoms with van der Waals surface area (Å²) >= 11 is 0. The summed E-state index contributed by atoms with van der Waals surface area (Å²) in [5, 5.41) is 4.73. The van der Waals surface area contributed by atoms with Crippen molar-refractivity contribution in [3.63, 3.8) is 0 Å². The van der Waals surface area contributed by atoms with Crippen LogP contribution in [-0.2, 0) is 0 Å². The fraction of sp³-hybridized carbons (Fsp3) is 0.0870. The van der Waals surface area contributed by atoms with Gasteiger partial charge < -0.3 is 9.32 Å². The lowest BCUT2D eigenvalue weighted by Gasteiger charge is -2.32. The number of fused-ring (bicyclic) bond motifs is 4. The number of hydrogen-bond donors (Lipinski definition) is 0. The summed E-state index contributed by atoms with van der Waals surface area (Å²) in [4.78, 5) is 2.49. The maximum Gasteiger partial charge on any atom is 0.136 e. The highest BCUT2D eigenvalue weighted by Gasteiger charge is 2.23. The molecule has 48 heavy (non-hydrogen) atoms. The molecular formula is C46H35NO. The summed E-state index contributed by atoms with van der Waals surface area (Å²) < 4.78 is 6.38. The van der Waals surface area contributed by atoms with Crippen molar-refractivity contribution in [1.82, 2.24) is 0 Å². The number of anilines is 2. The van der Waals surface area contributed by atoms with Crippen LogP contribution in [0.3, 0.4) is 0 Å². The van der Waals surface area contributed by atoms with E-state index in [1.165, 1.54) is 50.0 Å². The summed E-state index contributed by atoms with van der Waals surface area (Å²) in [5.74, 6) is 0.379. The van der Waals surface area contributed by atoms with Gasteiger partial charge in [0.25, 0.3) is 0 Å². The van der Waals surface area contributed by atoms with E-state index in [1.807, 2.05) is 0 Å². The van der Waals surface area contributed by atoms with E-state index in [2.05, 4.69) is 175 Å². The summed E-state index contributed by atoms with van der Waals surface area (Å²) in [5.41, 5.74) is 11.7. The zero-order valence-corrected chi connectivity index (χ0v) is 26.7. The molecule has 0 amide bonds. The Morgan fingerprint density at radius 3 is 2.17 bits per heavy atom. The van der Waals surface area contributed by atoms with Gasteiger partial charge in [0, 0.05) is 39.3 Å². The Kier molecular flexibility index (Phi) is 7.13. The zero-order valence-electron chi connectivity index (χ0n) is 26.7. The van der Waals surface area contributed by atoms with E-state index in [9.17, 15) is 0 Å². The lowest BCUT2D eigenvalue weighted by molar-refractivity contribution is 0.669. The van der Waals surface area contributed by atoms with Gasteiger partial charge in [-0.25, -0.2) is 0 Å². The largest absolute Gasteiger partial charge is 0.456 e. The van der Waals surface area contributed by atoms with Crippen LogP contribution >= 0.6 is 0 Å². The van der Waals surface area contributed by atoms with Gasteiger partial charge in [-0.15, -0.1) is 0 Å². The van der Waals surface area contributed by atoms with Gasteiger partial charge in [0.2, 0.25) is 0 Å². The first-order valence-electron chi connectivity index (χ1n) is 16.9. The van der Waals surface area contributed by atoms with Gasteiger partial charge in [-0.05, 0) is 101 Å². The number of allylic oxidation sites excluding steroid dienone is 8. The molecule has 0 saturated carbocycles. The first-order valence-corrected chi connectivity index (χ1v) is 16.9. The third-order valence-corrected chi connectivity index (χ3v) is 9.83. The normalized spacial score (nSPS) is 16.0. The van der Waals surface area contributed by atoms with Crippen molar-refractivity contribution in [2.24, 2.45) is 0 Å². The molecule has 0 fully saturated rings. The lowest BCUT2D eigenvalue weighted by Crippen LogP contribution is -2.19. The lowest BCUT2D eigenvalue weighted by atomic mass is 9.91. The molecule has 6 aromatic carbocycles. The quantitative estimate of drug-likeness (QED) is 0.185. The van der Waals surface area contributed by atoms with Gasteiger partial charge in [0.05, 0.1) is 0 Å². The number of nitrogens with zero attached hydrogens (tertiary/aromatic N) is 1. The van der Waals surface area contributed by atoms with Crippen molar-refractivity contribution in [1.29, 1.82) is 0 Å². The minimum absolute atomic E-state index is 0.379. The summed E-state index contributed by atoms with van der Waals surface area (Å²) in [7, 11) is 0. The van der Waals surface area contributed by atoms with E-state index >= 15 is 0 Å². The van der Waals surface area contributed by atoms with Crippen LogP contribution in [0.5, 0.6) is 0 Å². The van der Waals surface area contributed by atoms with Crippen molar-refractivity contribution < 1.29 is 4.42 Å². The molecule has 1 atom stereocenters. The van der Waals surface area contributed by atoms with Crippen molar-refractivity contribution in [2.75, 3.05) is 4.90 Å². The number of hydrogen-bond acceptors (Lipinski definition) is 2. The minimum Gasteiger partial charge on any atom is -0.456 e. The van der Waals surface area contributed by atoms with Crippen molar-refractivity contribution in [2.45, 2.75) is 25.2 Å². The van der Waals surface area contributed by atoms with Crippen LogP contribution in [0.15, 0.2) is 180 Å². The van der Waals surface area contributed by atoms with Crippen LogP contribution in [0.4, 0.5) is 11.4 Å². The summed E-state index contributed by atoms with van der Waals surface area (Å²) in [6.45, 7) is 0. The fourth-order valence-corrected chi connectivity index (χ4v) is 7.39. The molecule has 7 aromatic rings. The Labute approximate surface area is 281 Å². The first-order chi connectivity index (χ1) is 23.8. The van der Waals surface area contributed by atoms with Gasteiger partial charge >= 0.3 is 0 Å². The molecule has 2 aliphatic carbocycles. The second-order valence-corrected chi connectivity index (χ2v) is 12.8. The molecule has 0 aliphatic heterocycles. The van der Waals surface area contributed by atoms with Crippen LogP contribution in [0.25, 0.3) is 49.4 Å². The molecule has 2 heteroatoms. The summed E-state index contributed by atoms with van der Waals surface area (Å²) in [6.07, 6.45) is 16.5. The molecule has 230 valence electrons. The molecule has 0 bridgehead atoms. The number of furan rings is 1. The Bertz CT molecular complexity index is 2420. The predicted molar refractivity (Wildman–Crippen MR) is 203 cm³/mol. The average molecular weight is 618 g/mol. The smallest absolute Gasteiger partial charge is 0.136 e. The first kappa shape index (κ1) is 28.4. The second-order valence-electron chi connectivity index (χ2n) is 12.8. The van der Waals surface area contributed by atoms with E-state index in [0.29, 0.717) is 5.92 Å². The highest BCUT2D eigenvalue weighted by atomic mass is 16.3. The highest BCUT2D eigenvalue weighted by molar-refractivity contribution is 6.11. The van der Waals surface area contributed by atoms with E-state index in [4.69, 9.17) is 4.42 Å². The van der Waals surface area contributed by atoms with Crippen LogP contribution < -0.4 is 4.90 Å². The maximum atomic E-state index is 6.38. The standard InChI is InChI=1S/C46H35NO/c1-3-12-32(13-4-1)34-22-25-39(26-23-34)47(40-19-11-18-35(28-40)33-14-5-2-6-15-33)44-21-10-9-20-41(44)38-24-27-45-42(30-38)43-29-36-16-7-8-17-37(36)31-46(43)48-45/h1-9,11-14,16-20,22-31,33H,10,15,21H2. The molecule has 2 nitrogen and oxygen atoms in total. The van der Waals surface area contributed by atoms with Gasteiger partial charge in [-0.1, -0.05) is 121 Å². The van der Waals surface area contributed by atoms with Crippen molar-refractivity contribution >= 4 is 49.7 Å². The summed E-state index contributed by atoms with van der Waals surface area (Å²) in [6, 6.07) is 48.5. The van der Waals surface area contributed by atoms with Crippen molar-refractivity contribution in [3.05, 3.63) is 187 Å². The second kappa shape index (κ2) is 12.1. The number of rotatable bonds is 6. The maximum absolute atomic E-state index is 6.38. The van der Waals surface area contributed by atoms with E-state index in [-0.39, 0.29) is 0 Å². The molecular weight excluding hydrogens is 583 g/mol. The highest BCUT2D eigenvalue weighted by Crippen LogP contribution is 2.42. The Morgan fingerprint density at radius 1 is 0.562 bits per heavy atom. The van der Waals surface area contributed by atoms with Gasteiger partial charge in [-0.3, -0.25) is 0 Å². The average Bonchev–Trinajstić information content (AvgIpc) is 3.52. The molecule has 1 aromatic heterocycles. The van der Waals surface area contributed by atoms with E-state index in [1.54, 1.807) is 0 Å². The van der Waals surface area contributed by atoms with Crippen LogP contribution in [0.1, 0.15) is 36.3 Å². The SMILES string of the molecule is C1=CCC(c2cccc(N(C3=C(c4ccc5oc6cc7ccccc7cc6c5c4)C=CCC3)c3ccc(-c4ccccc4)cc3)c2)C=C1. The molecule has 9 rings (SSSR count). The molecule has 0 spiro atoms. The molecule has 0 saturated heterocycles. The topological polar surface area (TPSA) is 16.4 Å². The van der Waals surface area contributed by atoms with Crippen LogP contribution in [0, 0.1) is 0 Å². The zero-order chi connectivity index (χ0) is 31.9. The third kappa shape index (κ3) is 5.16. The van der Waals surface area contributed by atoms with Gasteiger partial charge in [0.15, 0.2) is 0 Å². The monoisotopic (exact) mass is 617 g/mol.